The van der Waals surface area contributed by atoms with Crippen molar-refractivity contribution >= 4 is 12.1 Å². The molecule has 0 aromatic rings. The molecule has 1 amide bonds. The lowest BCUT2D eigenvalue weighted by Crippen LogP contribution is -2.60. The van der Waals surface area contributed by atoms with E-state index in [0.717, 1.165) is 5.57 Å². The Morgan fingerprint density at radius 2 is 1.76 bits per heavy atom. The minimum Gasteiger partial charge on any atom is -0.490 e. The average molecular weight is 880 g/mol. The van der Waals surface area contributed by atoms with Gasteiger partial charge in [-0.05, 0) is 52.5 Å². The van der Waals surface area contributed by atoms with E-state index in [0.29, 0.717) is 18.4 Å². The predicted molar refractivity (Wildman–Crippen MR) is 233 cm³/mol. The molecule has 0 radical (unpaired) electrons. The molecule has 3 aliphatic heterocycles. The number of hydrogen-bond donors (Lipinski definition) is 5. The Bertz CT molecular complexity index is 1580. The van der Waals surface area contributed by atoms with Crippen molar-refractivity contribution < 1.29 is 67.9 Å². The smallest absolute Gasteiger partial charge is 0.404 e. The van der Waals surface area contributed by atoms with Crippen molar-refractivity contribution in [2.24, 2.45) is 41.2 Å². The summed E-state index contributed by atoms with van der Waals surface area (Å²) >= 11 is 0. The molecule has 0 aromatic carbocycles. The number of primary amides is 1. The average Bonchev–Trinajstić information content (AvgIpc) is 3.22. The maximum Gasteiger partial charge on any atom is 0.404 e. The van der Waals surface area contributed by atoms with Crippen LogP contribution in [-0.2, 0) is 42.7 Å². The van der Waals surface area contributed by atoms with Gasteiger partial charge in [-0.3, -0.25) is 0 Å². The molecule has 18 atom stereocenters. The van der Waals surface area contributed by atoms with Gasteiger partial charge in [0.1, 0.15) is 12.2 Å². The number of aliphatic hydroxyl groups is 4. The number of esters is 1. The third-order valence-electron chi connectivity index (χ3n) is 13.1. The number of ether oxygens (including phenoxy) is 8. The summed E-state index contributed by atoms with van der Waals surface area (Å²) in [6.07, 6.45) is 3.48. The highest BCUT2D eigenvalue weighted by Crippen LogP contribution is 2.44. The van der Waals surface area contributed by atoms with Gasteiger partial charge in [-0.2, -0.15) is 0 Å². The third kappa shape index (κ3) is 13.5. The van der Waals surface area contributed by atoms with E-state index in [1.54, 1.807) is 39.8 Å². The van der Waals surface area contributed by atoms with Crippen molar-refractivity contribution in [1.82, 2.24) is 0 Å². The van der Waals surface area contributed by atoms with E-state index in [1.165, 1.54) is 21.3 Å². The van der Waals surface area contributed by atoms with Crippen LogP contribution >= 0.6 is 0 Å². The molecule has 18 unspecified atom stereocenters. The zero-order valence-corrected chi connectivity index (χ0v) is 39.1. The summed E-state index contributed by atoms with van der Waals surface area (Å²) in [6, 6.07) is 0. The highest BCUT2D eigenvalue weighted by molar-refractivity contribution is 5.87. The zero-order valence-electron chi connectivity index (χ0n) is 39.1. The number of cyclic esters (lactones) is 1. The Labute approximate surface area is 369 Å². The minimum absolute atomic E-state index is 0.0119. The molecule has 3 aliphatic rings. The molecule has 3 heterocycles. The molecule has 0 spiro atoms. The van der Waals surface area contributed by atoms with E-state index < -0.39 is 97.0 Å². The lowest BCUT2D eigenvalue weighted by molar-refractivity contribution is -0.346. The van der Waals surface area contributed by atoms with Crippen LogP contribution in [0.2, 0.25) is 0 Å². The lowest BCUT2D eigenvalue weighted by Gasteiger charge is -2.51. The largest absolute Gasteiger partial charge is 0.490 e. The molecule has 3 rings (SSSR count). The fraction of sp³-hybridized carbons (Fsp3) is 0.745. The van der Waals surface area contributed by atoms with Crippen LogP contribution in [0.25, 0.3) is 0 Å². The molecule has 0 saturated carbocycles. The van der Waals surface area contributed by atoms with Gasteiger partial charge in [0, 0.05) is 56.7 Å². The minimum atomic E-state index is -1.43. The van der Waals surface area contributed by atoms with E-state index in [2.05, 4.69) is 0 Å². The second kappa shape index (κ2) is 24.2. The summed E-state index contributed by atoms with van der Waals surface area (Å²) in [4.78, 5) is 25.5. The van der Waals surface area contributed by atoms with Gasteiger partial charge in [0.2, 0.25) is 5.76 Å². The lowest BCUT2D eigenvalue weighted by atomic mass is 9.77. The molecular formula is C47H77NO14. The van der Waals surface area contributed by atoms with Gasteiger partial charge < -0.3 is 64.1 Å². The first kappa shape index (κ1) is 53.2. The Balaban J connectivity index is 2.04. The number of aliphatic hydroxyl groups excluding tert-OH is 4. The maximum atomic E-state index is 14.0. The number of carbonyl (C=O) groups excluding carboxylic acids is 2. The first-order valence-electron chi connectivity index (χ1n) is 22.1. The number of hydrogen-bond acceptors (Lipinski definition) is 14. The van der Waals surface area contributed by atoms with Crippen LogP contribution in [0.4, 0.5) is 4.79 Å². The second-order valence-electron chi connectivity index (χ2n) is 17.7. The first-order valence-corrected chi connectivity index (χ1v) is 22.1. The summed E-state index contributed by atoms with van der Waals surface area (Å²) < 4.78 is 48.4. The fourth-order valence-corrected chi connectivity index (χ4v) is 9.24. The maximum absolute atomic E-state index is 14.0. The van der Waals surface area contributed by atoms with Crippen molar-refractivity contribution in [3.8, 4) is 0 Å². The van der Waals surface area contributed by atoms with E-state index in [-0.39, 0.29) is 42.3 Å². The van der Waals surface area contributed by atoms with Crippen molar-refractivity contribution in [3.05, 3.63) is 59.4 Å². The molecule has 0 aliphatic carbocycles. The molecule has 15 heteroatoms. The normalized spacial score (nSPS) is 38.7. The molecule has 0 bridgehead atoms. The first-order chi connectivity index (χ1) is 29.2. The van der Waals surface area contributed by atoms with Crippen LogP contribution in [0, 0.1) is 35.5 Å². The van der Waals surface area contributed by atoms with E-state index in [1.807, 2.05) is 71.9 Å². The Morgan fingerprint density at radius 1 is 1.08 bits per heavy atom. The Kier molecular flexibility index (Phi) is 20.8. The fourth-order valence-electron chi connectivity index (χ4n) is 9.24. The van der Waals surface area contributed by atoms with Crippen LogP contribution in [0.5, 0.6) is 0 Å². The van der Waals surface area contributed by atoms with Gasteiger partial charge in [0.05, 0.1) is 49.8 Å². The third-order valence-corrected chi connectivity index (χ3v) is 13.1. The van der Waals surface area contributed by atoms with Gasteiger partial charge in [-0.15, -0.1) is 0 Å². The van der Waals surface area contributed by atoms with Crippen molar-refractivity contribution in [1.29, 1.82) is 0 Å². The van der Waals surface area contributed by atoms with Crippen molar-refractivity contribution in [2.75, 3.05) is 21.3 Å². The SMILES string of the molecule is CC=CC1OC(OC)(C(C)C(O)C(C)C2OC(=O)C(OC)=CC(C)=CC(C)C(O)C(CC)C(O)C(C)CC(C)=CC=CC2OC)CC(OC2CC(O)C(OC(N)=O)C(C)O2)C1C. The van der Waals surface area contributed by atoms with Gasteiger partial charge in [0.15, 0.2) is 18.2 Å². The topological polar surface area (TPSA) is 215 Å². The second-order valence-corrected chi connectivity index (χ2v) is 17.7. The summed E-state index contributed by atoms with van der Waals surface area (Å²) in [5, 5.41) is 46.0. The number of rotatable bonds is 12. The standard InChI is InChI=1S/C47H77NO14/c1-14-17-35-29(7)38(59-39-23-34(49)44(32(10)58-39)61-46(48)54)24-47(57-13,62-35)31(9)42(52)30(8)43-36(55-11)19-16-18-25(3)20-27(5)40(50)33(15-2)41(51)28(6)21-26(4)22-37(56-12)45(53)60-43/h14,16-19,21-22,27-36,38-44,49-52H,15,20,23-24H2,1-13H3,(H2,48,54). The summed E-state index contributed by atoms with van der Waals surface area (Å²) in [5.41, 5.74) is 6.85. The van der Waals surface area contributed by atoms with Crippen molar-refractivity contribution in [2.45, 2.75) is 168 Å². The number of methoxy groups -OCH3 is 3. The monoisotopic (exact) mass is 880 g/mol. The van der Waals surface area contributed by atoms with E-state index >= 15 is 0 Å². The van der Waals surface area contributed by atoms with Gasteiger partial charge >= 0.3 is 12.1 Å². The van der Waals surface area contributed by atoms with Gasteiger partial charge in [-0.1, -0.05) is 89.1 Å². The van der Waals surface area contributed by atoms with Crippen molar-refractivity contribution in [3.63, 3.8) is 0 Å². The van der Waals surface area contributed by atoms with Gasteiger partial charge in [-0.25, -0.2) is 9.59 Å². The highest BCUT2D eigenvalue weighted by atomic mass is 16.7. The Morgan fingerprint density at radius 3 is 2.32 bits per heavy atom. The molecule has 354 valence electrons. The Hall–Kier alpha value is -3.12. The molecule has 2 saturated heterocycles. The summed E-state index contributed by atoms with van der Waals surface area (Å²) in [5.74, 6) is -4.96. The molecule has 6 N–H and O–H groups in total. The van der Waals surface area contributed by atoms with Crippen LogP contribution in [-0.4, -0.2) is 127 Å². The van der Waals surface area contributed by atoms with Crippen LogP contribution < -0.4 is 5.73 Å². The number of allylic oxidation sites excluding steroid dienone is 6. The molecule has 15 nitrogen and oxygen atoms in total. The summed E-state index contributed by atoms with van der Waals surface area (Å²) in [6.45, 7) is 18.6. The van der Waals surface area contributed by atoms with E-state index in [9.17, 15) is 30.0 Å². The molecule has 62 heavy (non-hydrogen) atoms. The van der Waals surface area contributed by atoms with E-state index in [4.69, 9.17) is 43.6 Å². The number of amides is 1. The van der Waals surface area contributed by atoms with Crippen LogP contribution in [0.15, 0.2) is 59.4 Å². The number of carbonyl (C=O) groups is 2. The molecule has 0 aromatic heterocycles. The highest BCUT2D eigenvalue weighted by Gasteiger charge is 2.54. The predicted octanol–water partition coefficient (Wildman–Crippen LogP) is 5.64. The molecular weight excluding hydrogens is 803 g/mol. The molecule has 2 fully saturated rings. The summed E-state index contributed by atoms with van der Waals surface area (Å²) in [7, 11) is 4.36. The quantitative estimate of drug-likeness (QED) is 0.119. The number of nitrogens with two attached hydrogens (primary N) is 1. The van der Waals surface area contributed by atoms with Crippen LogP contribution in [0.1, 0.15) is 94.9 Å². The zero-order chi connectivity index (χ0) is 46.6. The van der Waals surface area contributed by atoms with Crippen LogP contribution in [0.3, 0.4) is 0 Å². The van der Waals surface area contributed by atoms with Gasteiger partial charge in [0.25, 0.3) is 0 Å².